The molecule has 0 unspecified atom stereocenters. The van der Waals surface area contributed by atoms with E-state index in [4.69, 9.17) is 0 Å². The lowest BCUT2D eigenvalue weighted by atomic mass is 9.79. The topological polar surface area (TPSA) is 92.1 Å². The Hall–Kier alpha value is -1.63. The number of amides is 2. The van der Waals surface area contributed by atoms with Crippen LogP contribution in [0.1, 0.15) is 75.0 Å². The van der Waals surface area contributed by atoms with Crippen LogP contribution in [0.25, 0.3) is 0 Å². The van der Waals surface area contributed by atoms with Crippen molar-refractivity contribution in [1.82, 2.24) is 25.4 Å². The second-order valence-corrected chi connectivity index (χ2v) is 7.20. The molecule has 3 saturated carbocycles. The highest BCUT2D eigenvalue weighted by molar-refractivity contribution is 5.74. The lowest BCUT2D eigenvalue weighted by Crippen LogP contribution is -2.50. The third-order valence-electron chi connectivity index (χ3n) is 5.38. The average molecular weight is 319 g/mol. The normalized spacial score (nSPS) is 27.7. The first-order valence-corrected chi connectivity index (χ1v) is 8.86. The van der Waals surface area contributed by atoms with Gasteiger partial charge in [-0.2, -0.15) is 0 Å². The molecule has 0 radical (unpaired) electrons. The van der Waals surface area contributed by atoms with Gasteiger partial charge < -0.3 is 20.3 Å². The maximum Gasteiger partial charge on any atom is 0.315 e. The average Bonchev–Trinajstić information content (AvgIpc) is 3.05. The molecule has 4 rings (SSSR count). The van der Waals surface area contributed by atoms with Crippen LogP contribution >= 0.6 is 0 Å². The molecule has 0 spiro atoms. The minimum atomic E-state index is -0.0539. The number of urea groups is 1. The number of aliphatic hydroxyl groups excluding tert-OH is 1. The minimum Gasteiger partial charge on any atom is -0.388 e. The van der Waals surface area contributed by atoms with E-state index in [1.54, 1.807) is 0 Å². The first-order chi connectivity index (χ1) is 11.2. The van der Waals surface area contributed by atoms with Crippen molar-refractivity contribution in [2.75, 3.05) is 0 Å². The fourth-order valence-electron chi connectivity index (χ4n) is 3.88. The summed E-state index contributed by atoms with van der Waals surface area (Å²) < 4.78 is 2.12. The number of rotatable bonds is 5. The standard InChI is InChI=1S/C16H25N5O2/c22-9-14-19-20-15(21(14)13-5-6-13)10-7-12(8-10)18-16(23)17-11-3-1-2-4-11/h10-13,22H,1-9H2,(H2,17,18,23). The van der Waals surface area contributed by atoms with E-state index in [-0.39, 0.29) is 18.7 Å². The van der Waals surface area contributed by atoms with Crippen LogP contribution in [0.2, 0.25) is 0 Å². The third-order valence-corrected chi connectivity index (χ3v) is 5.38. The molecular formula is C16H25N5O2. The maximum atomic E-state index is 12.0. The Morgan fingerprint density at radius 2 is 1.78 bits per heavy atom. The van der Waals surface area contributed by atoms with Gasteiger partial charge in [-0.3, -0.25) is 0 Å². The monoisotopic (exact) mass is 319 g/mol. The lowest BCUT2D eigenvalue weighted by Gasteiger charge is -2.35. The molecule has 0 atom stereocenters. The first kappa shape index (κ1) is 14.9. The highest BCUT2D eigenvalue weighted by Crippen LogP contribution is 2.42. The molecule has 1 aromatic rings. The van der Waals surface area contributed by atoms with Crippen LogP contribution in [0.5, 0.6) is 0 Å². The van der Waals surface area contributed by atoms with Gasteiger partial charge in [-0.05, 0) is 38.5 Å². The quantitative estimate of drug-likeness (QED) is 0.768. The van der Waals surface area contributed by atoms with Crippen LogP contribution in [0.15, 0.2) is 0 Å². The highest BCUT2D eigenvalue weighted by atomic mass is 16.3. The molecule has 0 bridgehead atoms. The van der Waals surface area contributed by atoms with Crippen LogP contribution in [-0.4, -0.2) is 38.0 Å². The number of nitrogens with zero attached hydrogens (tertiary/aromatic N) is 3. The molecule has 3 N–H and O–H groups in total. The van der Waals surface area contributed by atoms with E-state index in [0.29, 0.717) is 23.8 Å². The van der Waals surface area contributed by atoms with Crippen LogP contribution in [-0.2, 0) is 6.61 Å². The van der Waals surface area contributed by atoms with E-state index in [2.05, 4.69) is 25.4 Å². The summed E-state index contributed by atoms with van der Waals surface area (Å²) in [6.07, 6.45) is 8.78. The summed E-state index contributed by atoms with van der Waals surface area (Å²) in [5, 5.41) is 23.9. The fourth-order valence-corrected chi connectivity index (χ4v) is 3.88. The highest BCUT2D eigenvalue weighted by Gasteiger charge is 2.38. The zero-order chi connectivity index (χ0) is 15.8. The minimum absolute atomic E-state index is 0.0277. The van der Waals surface area contributed by atoms with Gasteiger partial charge >= 0.3 is 6.03 Å². The van der Waals surface area contributed by atoms with E-state index < -0.39 is 0 Å². The van der Waals surface area contributed by atoms with Crippen molar-refractivity contribution in [3.63, 3.8) is 0 Å². The summed E-state index contributed by atoms with van der Waals surface area (Å²) in [6, 6.07) is 1.03. The second kappa shape index (κ2) is 6.11. The third kappa shape index (κ3) is 3.06. The molecule has 0 aliphatic heterocycles. The number of hydrogen-bond acceptors (Lipinski definition) is 4. The van der Waals surface area contributed by atoms with Crippen molar-refractivity contribution in [3.05, 3.63) is 11.6 Å². The summed E-state index contributed by atoms with van der Waals surface area (Å²) in [7, 11) is 0. The van der Waals surface area contributed by atoms with Gasteiger partial charge in [0.05, 0.1) is 0 Å². The molecule has 0 saturated heterocycles. The second-order valence-electron chi connectivity index (χ2n) is 7.20. The van der Waals surface area contributed by atoms with Gasteiger partial charge in [0.25, 0.3) is 0 Å². The molecule has 1 heterocycles. The van der Waals surface area contributed by atoms with Crippen LogP contribution in [0, 0.1) is 0 Å². The van der Waals surface area contributed by atoms with Crippen molar-refractivity contribution in [1.29, 1.82) is 0 Å². The van der Waals surface area contributed by atoms with E-state index >= 15 is 0 Å². The van der Waals surface area contributed by atoms with Crippen molar-refractivity contribution in [3.8, 4) is 0 Å². The number of hydrogen-bond donors (Lipinski definition) is 3. The molecule has 3 aliphatic rings. The van der Waals surface area contributed by atoms with Crippen molar-refractivity contribution in [2.45, 2.75) is 82.0 Å². The molecular weight excluding hydrogens is 294 g/mol. The zero-order valence-electron chi connectivity index (χ0n) is 13.4. The number of carbonyl (C=O) groups is 1. The lowest BCUT2D eigenvalue weighted by molar-refractivity contribution is 0.216. The SMILES string of the molecule is O=C(NC1CCCC1)NC1CC(c2nnc(CO)n2C2CC2)C1. The number of aromatic nitrogens is 3. The predicted octanol–water partition coefficient (Wildman–Crippen LogP) is 1.59. The Bertz CT molecular complexity index is 571. The summed E-state index contributed by atoms with van der Waals surface area (Å²) in [5.41, 5.74) is 0. The van der Waals surface area contributed by atoms with Crippen LogP contribution in [0.4, 0.5) is 4.79 Å². The molecule has 126 valence electrons. The molecule has 1 aromatic heterocycles. The smallest absolute Gasteiger partial charge is 0.315 e. The molecule has 7 heteroatoms. The Morgan fingerprint density at radius 1 is 1.09 bits per heavy atom. The largest absolute Gasteiger partial charge is 0.388 e. The molecule has 7 nitrogen and oxygen atoms in total. The van der Waals surface area contributed by atoms with Gasteiger partial charge in [-0.25, -0.2) is 4.79 Å². The number of nitrogens with one attached hydrogen (secondary N) is 2. The Kier molecular flexibility index (Phi) is 3.97. The molecule has 3 aliphatic carbocycles. The Morgan fingerprint density at radius 3 is 2.43 bits per heavy atom. The fraction of sp³-hybridized carbons (Fsp3) is 0.812. The number of carbonyl (C=O) groups excluding carboxylic acids is 1. The molecule has 3 fully saturated rings. The summed E-state index contributed by atoms with van der Waals surface area (Å²) in [5.74, 6) is 2.02. The maximum absolute atomic E-state index is 12.0. The van der Waals surface area contributed by atoms with E-state index in [0.717, 1.165) is 44.3 Å². The summed E-state index contributed by atoms with van der Waals surface area (Å²) in [6.45, 7) is -0.0539. The van der Waals surface area contributed by atoms with Gasteiger partial charge in [0.15, 0.2) is 5.82 Å². The summed E-state index contributed by atoms with van der Waals surface area (Å²) in [4.78, 5) is 12.0. The first-order valence-electron chi connectivity index (χ1n) is 8.86. The van der Waals surface area contributed by atoms with Crippen molar-refractivity contribution >= 4 is 6.03 Å². The molecule has 2 amide bonds. The van der Waals surface area contributed by atoms with Crippen molar-refractivity contribution < 1.29 is 9.90 Å². The Labute approximate surface area is 135 Å². The van der Waals surface area contributed by atoms with Gasteiger partial charge in [-0.15, -0.1) is 10.2 Å². The number of aliphatic hydroxyl groups is 1. The van der Waals surface area contributed by atoms with E-state index in [9.17, 15) is 9.90 Å². The van der Waals surface area contributed by atoms with Crippen LogP contribution in [0.3, 0.4) is 0 Å². The van der Waals surface area contributed by atoms with Gasteiger partial charge in [0.1, 0.15) is 12.4 Å². The van der Waals surface area contributed by atoms with Crippen molar-refractivity contribution in [2.24, 2.45) is 0 Å². The van der Waals surface area contributed by atoms with Gasteiger partial charge in [0.2, 0.25) is 0 Å². The van der Waals surface area contributed by atoms with E-state index in [1.165, 1.54) is 12.8 Å². The Balaban J connectivity index is 1.29. The molecule has 0 aromatic carbocycles. The van der Waals surface area contributed by atoms with Crippen LogP contribution < -0.4 is 10.6 Å². The molecule has 23 heavy (non-hydrogen) atoms. The van der Waals surface area contributed by atoms with Gasteiger partial charge in [0, 0.05) is 24.0 Å². The van der Waals surface area contributed by atoms with E-state index in [1.807, 2.05) is 0 Å². The summed E-state index contributed by atoms with van der Waals surface area (Å²) >= 11 is 0. The predicted molar refractivity (Wildman–Crippen MR) is 83.9 cm³/mol. The zero-order valence-corrected chi connectivity index (χ0v) is 13.4. The van der Waals surface area contributed by atoms with Gasteiger partial charge in [-0.1, -0.05) is 12.8 Å².